The first-order valence-corrected chi connectivity index (χ1v) is 6.40. The van der Waals surface area contributed by atoms with E-state index in [0.717, 1.165) is 0 Å². The lowest BCUT2D eigenvalue weighted by Crippen LogP contribution is -2.44. The summed E-state index contributed by atoms with van der Waals surface area (Å²) < 4.78 is 0. The number of allylic oxidation sites excluding steroid dienone is 4. The predicted molar refractivity (Wildman–Crippen MR) is 79.9 cm³/mol. The van der Waals surface area contributed by atoms with Crippen LogP contribution in [0, 0.1) is 0 Å². The molecule has 1 aliphatic carbocycles. The SMILES string of the molecule is C1=CC([B-](c2ccccc2)c2ccccc2)C=C1. The lowest BCUT2D eigenvalue weighted by Gasteiger charge is -2.33. The Morgan fingerprint density at radius 3 is 1.50 bits per heavy atom. The van der Waals surface area contributed by atoms with Crippen molar-refractivity contribution in [2.24, 2.45) is 0 Å². The molecule has 2 aromatic carbocycles. The van der Waals surface area contributed by atoms with Gasteiger partial charge in [-0.2, -0.15) is 5.82 Å². The van der Waals surface area contributed by atoms with Gasteiger partial charge in [0.25, 0.3) is 0 Å². The molecule has 0 bridgehead atoms. The van der Waals surface area contributed by atoms with E-state index in [1.807, 2.05) is 0 Å². The number of hydrogen-bond donors (Lipinski definition) is 0. The first-order chi connectivity index (χ1) is 8.95. The van der Waals surface area contributed by atoms with E-state index in [-0.39, 0.29) is 0 Å². The highest BCUT2D eigenvalue weighted by molar-refractivity contribution is 6.87. The maximum atomic E-state index is 2.28. The van der Waals surface area contributed by atoms with Gasteiger partial charge in [0.2, 0.25) is 0 Å². The molecule has 0 unspecified atom stereocenters. The Balaban J connectivity index is 2.04. The Morgan fingerprint density at radius 1 is 0.611 bits per heavy atom. The van der Waals surface area contributed by atoms with Gasteiger partial charge < -0.3 is 0 Å². The zero-order chi connectivity index (χ0) is 12.2. The molecule has 0 fully saturated rings. The van der Waals surface area contributed by atoms with E-state index in [1.165, 1.54) is 10.9 Å². The third kappa shape index (κ3) is 2.17. The fourth-order valence-electron chi connectivity index (χ4n) is 2.63. The quantitative estimate of drug-likeness (QED) is 0.711. The van der Waals surface area contributed by atoms with Crippen molar-refractivity contribution in [1.82, 2.24) is 0 Å². The van der Waals surface area contributed by atoms with Crippen LogP contribution in [0.25, 0.3) is 0 Å². The van der Waals surface area contributed by atoms with Gasteiger partial charge in [0.15, 0.2) is 0 Å². The molecule has 0 atom stereocenters. The van der Waals surface area contributed by atoms with E-state index in [0.29, 0.717) is 12.5 Å². The summed E-state index contributed by atoms with van der Waals surface area (Å²) in [6.07, 6.45) is 8.85. The van der Waals surface area contributed by atoms with Gasteiger partial charge in [0, 0.05) is 0 Å². The fraction of sp³-hybridized carbons (Fsp3) is 0.0588. The van der Waals surface area contributed by atoms with Crippen LogP contribution in [0.2, 0.25) is 5.82 Å². The lowest BCUT2D eigenvalue weighted by molar-refractivity contribution is 1.37. The molecule has 1 aliphatic rings. The number of hydrogen-bond acceptors (Lipinski definition) is 0. The molecule has 2 aromatic rings. The van der Waals surface area contributed by atoms with Crippen molar-refractivity contribution in [3.05, 3.63) is 85.0 Å². The number of rotatable bonds is 3. The molecule has 1 heteroatoms. The van der Waals surface area contributed by atoms with Crippen LogP contribution < -0.4 is 10.9 Å². The van der Waals surface area contributed by atoms with Gasteiger partial charge in [0.05, 0.1) is 0 Å². The van der Waals surface area contributed by atoms with E-state index < -0.39 is 0 Å². The van der Waals surface area contributed by atoms with Crippen LogP contribution in [0.4, 0.5) is 0 Å². The molecular weight excluding hydrogens is 215 g/mol. The minimum Gasteiger partial charge on any atom is -0.238 e. The molecule has 18 heavy (non-hydrogen) atoms. The second-order valence-corrected chi connectivity index (χ2v) is 4.65. The van der Waals surface area contributed by atoms with Crippen molar-refractivity contribution in [2.45, 2.75) is 5.82 Å². The summed E-state index contributed by atoms with van der Waals surface area (Å²) in [6.45, 7) is 0.419. The molecule has 0 amide bonds. The van der Waals surface area contributed by atoms with Crippen LogP contribution in [0.15, 0.2) is 85.0 Å². The zero-order valence-electron chi connectivity index (χ0n) is 10.2. The minimum absolute atomic E-state index is 0.419. The Labute approximate surface area is 109 Å². The van der Waals surface area contributed by atoms with Gasteiger partial charge in [-0.15, -0.1) is 36.4 Å². The van der Waals surface area contributed by atoms with Crippen LogP contribution in [0.3, 0.4) is 0 Å². The van der Waals surface area contributed by atoms with Crippen molar-refractivity contribution >= 4 is 17.6 Å². The number of benzene rings is 2. The summed E-state index contributed by atoms with van der Waals surface area (Å²) in [6, 6.07) is 21.5. The molecular formula is C17H15B-. The van der Waals surface area contributed by atoms with Crippen molar-refractivity contribution in [3.8, 4) is 0 Å². The van der Waals surface area contributed by atoms with E-state index in [2.05, 4.69) is 85.0 Å². The highest BCUT2D eigenvalue weighted by atomic mass is 14.0. The molecule has 87 valence electrons. The van der Waals surface area contributed by atoms with Gasteiger partial charge in [-0.25, -0.2) is 10.9 Å². The third-order valence-electron chi connectivity index (χ3n) is 3.48. The average Bonchev–Trinajstić information content (AvgIpc) is 2.95. The van der Waals surface area contributed by atoms with Crippen molar-refractivity contribution in [1.29, 1.82) is 0 Å². The zero-order valence-corrected chi connectivity index (χ0v) is 10.2. The summed E-state index contributed by atoms with van der Waals surface area (Å²) in [5.74, 6) is 0.467. The van der Waals surface area contributed by atoms with Gasteiger partial charge in [0.1, 0.15) is 0 Å². The third-order valence-corrected chi connectivity index (χ3v) is 3.48. The Hall–Kier alpha value is -2.02. The Morgan fingerprint density at radius 2 is 1.06 bits per heavy atom. The normalized spacial score (nSPS) is 14.5. The van der Waals surface area contributed by atoms with Gasteiger partial charge in [-0.1, -0.05) is 55.3 Å². The summed E-state index contributed by atoms with van der Waals surface area (Å²) >= 11 is 0. The molecule has 0 saturated carbocycles. The summed E-state index contributed by atoms with van der Waals surface area (Å²) in [7, 11) is 0. The molecule has 0 heterocycles. The van der Waals surface area contributed by atoms with E-state index >= 15 is 0 Å². The van der Waals surface area contributed by atoms with Crippen molar-refractivity contribution in [3.63, 3.8) is 0 Å². The topological polar surface area (TPSA) is 0 Å². The standard InChI is InChI=1S/C17H15B/c1-3-9-15(10-4-1)18(17-13-7-8-14-17)16-11-5-2-6-12-16/h1-14,17H/q-1. The van der Waals surface area contributed by atoms with Crippen molar-refractivity contribution < 1.29 is 0 Å². The van der Waals surface area contributed by atoms with Crippen LogP contribution in [-0.2, 0) is 0 Å². The van der Waals surface area contributed by atoms with E-state index in [9.17, 15) is 0 Å². The van der Waals surface area contributed by atoms with Crippen LogP contribution >= 0.6 is 0 Å². The summed E-state index contributed by atoms with van der Waals surface area (Å²) in [5.41, 5.74) is 2.76. The van der Waals surface area contributed by atoms with Crippen LogP contribution in [0.5, 0.6) is 0 Å². The Kier molecular flexibility index (Phi) is 3.14. The highest BCUT2D eigenvalue weighted by Gasteiger charge is 2.11. The minimum atomic E-state index is 0.419. The molecule has 0 N–H and O–H groups in total. The predicted octanol–water partition coefficient (Wildman–Crippen LogP) is 2.79. The molecule has 0 aliphatic heterocycles. The summed E-state index contributed by atoms with van der Waals surface area (Å²) in [4.78, 5) is 0. The first kappa shape index (κ1) is 11.1. The monoisotopic (exact) mass is 230 g/mol. The van der Waals surface area contributed by atoms with E-state index in [1.54, 1.807) is 0 Å². The molecule has 0 saturated heterocycles. The highest BCUT2D eigenvalue weighted by Crippen LogP contribution is 2.19. The van der Waals surface area contributed by atoms with Gasteiger partial charge >= 0.3 is 0 Å². The molecule has 0 spiro atoms. The lowest BCUT2D eigenvalue weighted by atomic mass is 9.34. The van der Waals surface area contributed by atoms with Crippen molar-refractivity contribution in [2.75, 3.05) is 0 Å². The second kappa shape index (κ2) is 5.09. The first-order valence-electron chi connectivity index (χ1n) is 6.40. The average molecular weight is 230 g/mol. The maximum absolute atomic E-state index is 2.28. The largest absolute Gasteiger partial charge is 0.238 e. The maximum Gasteiger partial charge on any atom is -0.0532 e. The molecule has 3 rings (SSSR count). The molecule has 1 radical (unpaired) electrons. The van der Waals surface area contributed by atoms with Crippen LogP contribution in [-0.4, -0.2) is 6.71 Å². The van der Waals surface area contributed by atoms with Gasteiger partial charge in [-0.05, 0) is 0 Å². The molecule has 0 aromatic heterocycles. The van der Waals surface area contributed by atoms with E-state index in [4.69, 9.17) is 0 Å². The summed E-state index contributed by atoms with van der Waals surface area (Å²) in [5, 5.41) is 0. The molecule has 0 nitrogen and oxygen atoms in total. The van der Waals surface area contributed by atoms with Crippen LogP contribution in [0.1, 0.15) is 0 Å². The van der Waals surface area contributed by atoms with Gasteiger partial charge in [-0.3, -0.25) is 0 Å². The fourth-order valence-corrected chi connectivity index (χ4v) is 2.63. The second-order valence-electron chi connectivity index (χ2n) is 4.65. The Bertz CT molecular complexity index is 503. The smallest absolute Gasteiger partial charge is 0.0532 e.